The quantitative estimate of drug-likeness (QED) is 0.699. The van der Waals surface area contributed by atoms with Gasteiger partial charge < -0.3 is 11.5 Å². The van der Waals surface area contributed by atoms with Crippen LogP contribution in [0.15, 0.2) is 18.3 Å². The molecular formula is C7H9F2N3. The molecule has 0 aliphatic carbocycles. The zero-order valence-corrected chi connectivity index (χ0v) is 6.24. The van der Waals surface area contributed by atoms with Gasteiger partial charge in [-0.05, 0) is 6.07 Å². The molecule has 1 aromatic rings. The molecule has 0 amide bonds. The van der Waals surface area contributed by atoms with Crippen LogP contribution in [-0.4, -0.2) is 11.4 Å². The number of halogens is 2. The summed E-state index contributed by atoms with van der Waals surface area (Å²) in [5.41, 5.74) is 10.7. The lowest BCUT2D eigenvalue weighted by molar-refractivity contribution is 0.116. The lowest BCUT2D eigenvalue weighted by Gasteiger charge is -2.11. The number of nitrogens with zero attached hydrogens (tertiary/aromatic N) is 1. The normalized spacial score (nSPS) is 13.3. The van der Waals surface area contributed by atoms with Crippen molar-refractivity contribution >= 4 is 5.82 Å². The summed E-state index contributed by atoms with van der Waals surface area (Å²) in [5.74, 6) is 0.0605. The van der Waals surface area contributed by atoms with Crippen molar-refractivity contribution in [3.63, 3.8) is 0 Å². The van der Waals surface area contributed by atoms with Crippen molar-refractivity contribution < 1.29 is 8.78 Å². The van der Waals surface area contributed by atoms with Crippen LogP contribution < -0.4 is 11.5 Å². The van der Waals surface area contributed by atoms with Crippen LogP contribution in [0.5, 0.6) is 0 Å². The van der Waals surface area contributed by atoms with Crippen molar-refractivity contribution in [2.24, 2.45) is 5.73 Å². The molecule has 0 radical (unpaired) electrons. The largest absolute Gasteiger partial charge is 0.383 e. The summed E-state index contributed by atoms with van der Waals surface area (Å²) in [5, 5.41) is 0. The van der Waals surface area contributed by atoms with E-state index >= 15 is 0 Å². The van der Waals surface area contributed by atoms with Crippen LogP contribution >= 0.6 is 0 Å². The minimum Gasteiger partial charge on any atom is -0.383 e. The first-order valence-corrected chi connectivity index (χ1v) is 3.37. The highest BCUT2D eigenvalue weighted by molar-refractivity contribution is 5.40. The summed E-state index contributed by atoms with van der Waals surface area (Å²) in [6.45, 7) is 0. The molecule has 0 unspecified atom stereocenters. The van der Waals surface area contributed by atoms with Gasteiger partial charge in [0.25, 0.3) is 6.43 Å². The smallest absolute Gasteiger partial charge is 0.257 e. The van der Waals surface area contributed by atoms with Crippen molar-refractivity contribution in [1.82, 2.24) is 4.98 Å². The molecule has 1 rings (SSSR count). The number of pyridine rings is 1. The highest BCUT2D eigenvalue weighted by Crippen LogP contribution is 2.21. The first-order chi connectivity index (χ1) is 5.63. The van der Waals surface area contributed by atoms with Gasteiger partial charge >= 0.3 is 0 Å². The van der Waals surface area contributed by atoms with Crippen LogP contribution in [0.3, 0.4) is 0 Å². The monoisotopic (exact) mass is 173 g/mol. The highest BCUT2D eigenvalue weighted by atomic mass is 19.3. The van der Waals surface area contributed by atoms with Gasteiger partial charge in [-0.25, -0.2) is 13.8 Å². The van der Waals surface area contributed by atoms with Gasteiger partial charge in [-0.15, -0.1) is 0 Å². The first kappa shape index (κ1) is 8.86. The maximum Gasteiger partial charge on any atom is 0.257 e. The summed E-state index contributed by atoms with van der Waals surface area (Å²) in [7, 11) is 0. The van der Waals surface area contributed by atoms with Crippen LogP contribution in [0.2, 0.25) is 0 Å². The molecule has 66 valence electrons. The third kappa shape index (κ3) is 1.68. The van der Waals surface area contributed by atoms with E-state index in [1.54, 1.807) is 0 Å². The predicted molar refractivity (Wildman–Crippen MR) is 41.6 cm³/mol. The zero-order chi connectivity index (χ0) is 9.14. The van der Waals surface area contributed by atoms with Crippen LogP contribution in [0.1, 0.15) is 11.6 Å². The van der Waals surface area contributed by atoms with Crippen molar-refractivity contribution in [1.29, 1.82) is 0 Å². The Hall–Kier alpha value is -1.23. The fourth-order valence-electron chi connectivity index (χ4n) is 0.848. The third-order valence-electron chi connectivity index (χ3n) is 1.50. The molecule has 0 aliphatic rings. The summed E-state index contributed by atoms with van der Waals surface area (Å²) in [4.78, 5) is 3.65. The second-order valence-electron chi connectivity index (χ2n) is 2.34. The van der Waals surface area contributed by atoms with Gasteiger partial charge in [-0.3, -0.25) is 0 Å². The number of aromatic nitrogens is 1. The Bertz CT molecular complexity index is 265. The molecule has 3 nitrogen and oxygen atoms in total. The van der Waals surface area contributed by atoms with E-state index in [-0.39, 0.29) is 11.4 Å². The molecule has 0 fully saturated rings. The Balaban J connectivity index is 2.94. The van der Waals surface area contributed by atoms with E-state index in [9.17, 15) is 8.78 Å². The summed E-state index contributed by atoms with van der Waals surface area (Å²) in [6.07, 6.45) is -1.19. The molecule has 4 N–H and O–H groups in total. The van der Waals surface area contributed by atoms with Crippen LogP contribution in [-0.2, 0) is 0 Å². The van der Waals surface area contributed by atoms with Gasteiger partial charge in [-0.1, -0.05) is 6.07 Å². The maximum atomic E-state index is 12.1. The van der Waals surface area contributed by atoms with Crippen molar-refractivity contribution in [2.45, 2.75) is 12.5 Å². The average Bonchev–Trinajstić information content (AvgIpc) is 2.04. The number of nitrogens with two attached hydrogens (primary N) is 2. The van der Waals surface area contributed by atoms with E-state index in [1.165, 1.54) is 18.3 Å². The third-order valence-corrected chi connectivity index (χ3v) is 1.50. The first-order valence-electron chi connectivity index (χ1n) is 3.37. The number of hydrogen-bond acceptors (Lipinski definition) is 3. The molecule has 0 aromatic carbocycles. The molecule has 1 heterocycles. The molecule has 5 heteroatoms. The van der Waals surface area contributed by atoms with Crippen molar-refractivity contribution in [2.75, 3.05) is 5.73 Å². The van der Waals surface area contributed by atoms with E-state index < -0.39 is 12.5 Å². The Morgan fingerprint density at radius 1 is 1.42 bits per heavy atom. The van der Waals surface area contributed by atoms with E-state index in [2.05, 4.69) is 4.98 Å². The van der Waals surface area contributed by atoms with Gasteiger partial charge in [0.2, 0.25) is 0 Å². The zero-order valence-electron chi connectivity index (χ0n) is 6.24. The highest BCUT2D eigenvalue weighted by Gasteiger charge is 2.19. The van der Waals surface area contributed by atoms with Crippen LogP contribution in [0.25, 0.3) is 0 Å². The van der Waals surface area contributed by atoms with Gasteiger partial charge in [0.1, 0.15) is 5.82 Å². The number of hydrogen-bond donors (Lipinski definition) is 2. The van der Waals surface area contributed by atoms with Gasteiger partial charge in [0.05, 0.1) is 6.04 Å². The molecular weight excluding hydrogens is 164 g/mol. The lowest BCUT2D eigenvalue weighted by Crippen LogP contribution is -2.20. The lowest BCUT2D eigenvalue weighted by atomic mass is 10.1. The topological polar surface area (TPSA) is 64.9 Å². The van der Waals surface area contributed by atoms with E-state index in [4.69, 9.17) is 11.5 Å². The van der Waals surface area contributed by atoms with Gasteiger partial charge in [0, 0.05) is 11.8 Å². The molecule has 12 heavy (non-hydrogen) atoms. The molecule has 0 aliphatic heterocycles. The Morgan fingerprint density at radius 2 is 2.08 bits per heavy atom. The minimum atomic E-state index is -2.61. The Kier molecular flexibility index (Phi) is 2.54. The second kappa shape index (κ2) is 3.44. The molecule has 0 saturated heterocycles. The molecule has 0 bridgehead atoms. The number of anilines is 1. The molecule has 1 atom stereocenters. The minimum absolute atomic E-state index is 0.0605. The van der Waals surface area contributed by atoms with Crippen molar-refractivity contribution in [3.8, 4) is 0 Å². The van der Waals surface area contributed by atoms with Gasteiger partial charge in [0.15, 0.2) is 0 Å². The maximum absolute atomic E-state index is 12.1. The molecule has 0 saturated carbocycles. The molecule has 0 spiro atoms. The summed E-state index contributed by atoms with van der Waals surface area (Å²) in [6, 6.07) is 1.62. The molecule has 1 aromatic heterocycles. The van der Waals surface area contributed by atoms with Crippen LogP contribution in [0, 0.1) is 0 Å². The number of rotatable bonds is 2. The SMILES string of the molecule is Nc1ncccc1[C@H](N)C(F)F. The van der Waals surface area contributed by atoms with E-state index in [0.717, 1.165) is 0 Å². The van der Waals surface area contributed by atoms with E-state index in [0.29, 0.717) is 0 Å². The predicted octanol–water partition coefficient (Wildman–Crippen LogP) is 0.929. The summed E-state index contributed by atoms with van der Waals surface area (Å²) < 4.78 is 24.2. The fourth-order valence-corrected chi connectivity index (χ4v) is 0.848. The van der Waals surface area contributed by atoms with E-state index in [1.807, 2.05) is 0 Å². The van der Waals surface area contributed by atoms with Gasteiger partial charge in [-0.2, -0.15) is 0 Å². The Labute approximate surface area is 68.4 Å². The fraction of sp³-hybridized carbons (Fsp3) is 0.286. The van der Waals surface area contributed by atoms with Crippen molar-refractivity contribution in [3.05, 3.63) is 23.9 Å². The Morgan fingerprint density at radius 3 is 2.58 bits per heavy atom. The standard InChI is InChI=1S/C7H9F2N3/c8-6(9)5(10)4-2-1-3-12-7(4)11/h1-3,5-6H,10H2,(H2,11,12)/t5-/m0/s1. The summed E-state index contributed by atoms with van der Waals surface area (Å²) >= 11 is 0. The second-order valence-corrected chi connectivity index (χ2v) is 2.34. The number of alkyl halides is 2. The number of nitrogen functional groups attached to an aromatic ring is 1. The van der Waals surface area contributed by atoms with Crippen LogP contribution in [0.4, 0.5) is 14.6 Å². The average molecular weight is 173 g/mol.